The molecule has 0 radical (unpaired) electrons. The molecule has 3 nitrogen and oxygen atoms in total. The van der Waals surface area contributed by atoms with Crippen LogP contribution in [0, 0.1) is 16.2 Å². The van der Waals surface area contributed by atoms with Gasteiger partial charge in [0.25, 0.3) is 0 Å². The van der Waals surface area contributed by atoms with Gasteiger partial charge in [-0.05, 0) is 23.7 Å². The Bertz CT molecular complexity index is 281. The second-order valence-electron chi connectivity index (χ2n) is 6.54. The summed E-state index contributed by atoms with van der Waals surface area (Å²) < 4.78 is 0. The van der Waals surface area contributed by atoms with Gasteiger partial charge in [0, 0.05) is 12.6 Å². The van der Waals surface area contributed by atoms with Crippen molar-refractivity contribution in [2.24, 2.45) is 22.0 Å². The van der Waals surface area contributed by atoms with Crippen LogP contribution in [-0.2, 0) is 4.79 Å². The number of carbonyl (C=O) groups is 1. The molecule has 0 saturated heterocycles. The smallest absolute Gasteiger partial charge is 0.227 e. The zero-order chi connectivity index (χ0) is 13.5. The fraction of sp³-hybridized carbons (Fsp3) is 0.929. The number of hydrogen-bond donors (Lipinski definition) is 2. The zero-order valence-corrected chi connectivity index (χ0v) is 12.2. The summed E-state index contributed by atoms with van der Waals surface area (Å²) in [5.41, 5.74) is 5.79. The molecule has 0 spiro atoms. The van der Waals surface area contributed by atoms with E-state index in [0.717, 1.165) is 12.8 Å². The Balaban J connectivity index is 2.75. The highest BCUT2D eigenvalue weighted by Crippen LogP contribution is 2.62. The standard InChI is InChI=1S/C14H28N2O/c1-7-14(8-2,9-15)11(17)16-10-12(3,4)13(10,5)6/h10H,7-9,15H2,1-6H3,(H,16,17). The van der Waals surface area contributed by atoms with Crippen LogP contribution < -0.4 is 11.1 Å². The van der Waals surface area contributed by atoms with Crippen molar-refractivity contribution in [2.45, 2.75) is 60.4 Å². The monoisotopic (exact) mass is 240 g/mol. The van der Waals surface area contributed by atoms with E-state index in [4.69, 9.17) is 5.73 Å². The van der Waals surface area contributed by atoms with Crippen molar-refractivity contribution < 1.29 is 4.79 Å². The molecule has 17 heavy (non-hydrogen) atoms. The number of nitrogens with two attached hydrogens (primary N) is 1. The second-order valence-corrected chi connectivity index (χ2v) is 6.54. The molecule has 1 saturated carbocycles. The number of rotatable bonds is 5. The van der Waals surface area contributed by atoms with Gasteiger partial charge >= 0.3 is 0 Å². The minimum absolute atomic E-state index is 0.133. The van der Waals surface area contributed by atoms with Gasteiger partial charge in [-0.25, -0.2) is 0 Å². The van der Waals surface area contributed by atoms with E-state index in [1.54, 1.807) is 0 Å². The van der Waals surface area contributed by atoms with Gasteiger partial charge in [0.15, 0.2) is 0 Å². The Morgan fingerprint density at radius 3 is 1.82 bits per heavy atom. The first kappa shape index (κ1) is 14.5. The summed E-state index contributed by atoms with van der Waals surface area (Å²) in [5, 5.41) is 3.21. The molecule has 1 amide bonds. The fourth-order valence-corrected chi connectivity index (χ4v) is 2.79. The normalized spacial score (nSPS) is 22.3. The summed E-state index contributed by atoms with van der Waals surface area (Å²) in [7, 11) is 0. The van der Waals surface area contributed by atoms with Crippen molar-refractivity contribution >= 4 is 5.91 Å². The first-order valence-electron chi connectivity index (χ1n) is 6.70. The molecule has 1 aliphatic rings. The lowest BCUT2D eigenvalue weighted by Gasteiger charge is -2.29. The van der Waals surface area contributed by atoms with E-state index in [0.29, 0.717) is 6.54 Å². The average molecular weight is 240 g/mol. The van der Waals surface area contributed by atoms with Crippen LogP contribution in [-0.4, -0.2) is 18.5 Å². The van der Waals surface area contributed by atoms with E-state index in [9.17, 15) is 4.79 Å². The topological polar surface area (TPSA) is 55.1 Å². The highest BCUT2D eigenvalue weighted by Gasteiger charge is 2.65. The maximum atomic E-state index is 12.4. The summed E-state index contributed by atoms with van der Waals surface area (Å²) in [6, 6.07) is 0.270. The van der Waals surface area contributed by atoms with Crippen molar-refractivity contribution in [3.8, 4) is 0 Å². The number of hydrogen-bond acceptors (Lipinski definition) is 2. The van der Waals surface area contributed by atoms with E-state index in [1.165, 1.54) is 0 Å². The van der Waals surface area contributed by atoms with Crippen molar-refractivity contribution in [1.82, 2.24) is 5.32 Å². The molecular weight excluding hydrogens is 212 g/mol. The van der Waals surface area contributed by atoms with Crippen LogP contribution in [0.3, 0.4) is 0 Å². The van der Waals surface area contributed by atoms with Gasteiger partial charge in [-0.3, -0.25) is 4.79 Å². The highest BCUT2D eigenvalue weighted by molar-refractivity contribution is 5.83. The predicted octanol–water partition coefficient (Wildman–Crippen LogP) is 2.30. The average Bonchev–Trinajstić information content (AvgIpc) is 2.64. The molecule has 1 aliphatic carbocycles. The highest BCUT2D eigenvalue weighted by atomic mass is 16.2. The third-order valence-electron chi connectivity index (χ3n) is 5.52. The molecular formula is C14H28N2O. The third-order valence-corrected chi connectivity index (χ3v) is 5.52. The quantitative estimate of drug-likeness (QED) is 0.774. The minimum atomic E-state index is -0.380. The molecule has 0 atom stereocenters. The predicted molar refractivity (Wildman–Crippen MR) is 71.6 cm³/mol. The fourth-order valence-electron chi connectivity index (χ4n) is 2.79. The second kappa shape index (κ2) is 4.27. The summed E-state index contributed by atoms with van der Waals surface area (Å²) in [6.45, 7) is 13.3. The van der Waals surface area contributed by atoms with Crippen LogP contribution >= 0.6 is 0 Å². The molecule has 1 rings (SSSR count). The van der Waals surface area contributed by atoms with Crippen LogP contribution in [0.5, 0.6) is 0 Å². The van der Waals surface area contributed by atoms with E-state index < -0.39 is 0 Å². The Morgan fingerprint density at radius 1 is 1.18 bits per heavy atom. The molecule has 3 heteroatoms. The zero-order valence-electron chi connectivity index (χ0n) is 12.2. The van der Waals surface area contributed by atoms with Gasteiger partial charge in [-0.1, -0.05) is 41.5 Å². The summed E-state index contributed by atoms with van der Waals surface area (Å²) in [4.78, 5) is 12.4. The molecule has 0 bridgehead atoms. The molecule has 0 heterocycles. The first-order valence-corrected chi connectivity index (χ1v) is 6.70. The third kappa shape index (κ3) is 1.99. The summed E-state index contributed by atoms with van der Waals surface area (Å²) in [5.74, 6) is 0.133. The van der Waals surface area contributed by atoms with Crippen LogP contribution in [0.25, 0.3) is 0 Å². The SMILES string of the molecule is CCC(CC)(CN)C(=O)NC1C(C)(C)C1(C)C. The van der Waals surface area contributed by atoms with Gasteiger partial charge in [-0.2, -0.15) is 0 Å². The lowest BCUT2D eigenvalue weighted by atomic mass is 9.81. The molecule has 100 valence electrons. The van der Waals surface area contributed by atoms with Gasteiger partial charge in [0.2, 0.25) is 5.91 Å². The van der Waals surface area contributed by atoms with Crippen molar-refractivity contribution in [3.63, 3.8) is 0 Å². The lowest BCUT2D eigenvalue weighted by Crippen LogP contribution is -2.47. The summed E-state index contributed by atoms with van der Waals surface area (Å²) >= 11 is 0. The molecule has 0 aromatic heterocycles. The van der Waals surface area contributed by atoms with Crippen LogP contribution in [0.2, 0.25) is 0 Å². The van der Waals surface area contributed by atoms with Crippen molar-refractivity contribution in [1.29, 1.82) is 0 Å². The molecule has 0 aromatic carbocycles. The molecule has 3 N–H and O–H groups in total. The van der Waals surface area contributed by atoms with Crippen LogP contribution in [0.15, 0.2) is 0 Å². The van der Waals surface area contributed by atoms with E-state index in [1.807, 2.05) is 13.8 Å². The molecule has 0 aliphatic heterocycles. The number of amides is 1. The van der Waals surface area contributed by atoms with Gasteiger partial charge in [0.05, 0.1) is 5.41 Å². The maximum absolute atomic E-state index is 12.4. The molecule has 0 aromatic rings. The summed E-state index contributed by atoms with van der Waals surface area (Å²) in [6.07, 6.45) is 1.61. The van der Waals surface area contributed by atoms with E-state index in [2.05, 4.69) is 33.0 Å². The van der Waals surface area contributed by atoms with Gasteiger partial charge in [0.1, 0.15) is 0 Å². The maximum Gasteiger partial charge on any atom is 0.227 e. The Labute approximate surface area is 106 Å². The number of nitrogens with one attached hydrogen (secondary N) is 1. The lowest BCUT2D eigenvalue weighted by molar-refractivity contribution is -0.131. The molecule has 1 fully saturated rings. The van der Waals surface area contributed by atoms with Gasteiger partial charge in [-0.15, -0.1) is 0 Å². The first-order chi connectivity index (χ1) is 7.69. The van der Waals surface area contributed by atoms with E-state index >= 15 is 0 Å². The van der Waals surface area contributed by atoms with Crippen LogP contribution in [0.1, 0.15) is 54.4 Å². The molecule has 0 unspecified atom stereocenters. The largest absolute Gasteiger partial charge is 0.352 e. The minimum Gasteiger partial charge on any atom is -0.352 e. The van der Waals surface area contributed by atoms with Crippen LogP contribution in [0.4, 0.5) is 0 Å². The van der Waals surface area contributed by atoms with E-state index in [-0.39, 0.29) is 28.2 Å². The van der Waals surface area contributed by atoms with Crippen molar-refractivity contribution in [3.05, 3.63) is 0 Å². The Morgan fingerprint density at radius 2 is 1.59 bits per heavy atom. The van der Waals surface area contributed by atoms with Gasteiger partial charge < -0.3 is 11.1 Å². The van der Waals surface area contributed by atoms with Crippen molar-refractivity contribution in [2.75, 3.05) is 6.54 Å². The Kier molecular flexibility index (Phi) is 3.64. The number of carbonyl (C=O) groups excluding carboxylic acids is 1. The Hall–Kier alpha value is -0.570.